The number of rotatable bonds is 4. The van der Waals surface area contributed by atoms with Crippen LogP contribution in [0.25, 0.3) is 11.3 Å². The lowest BCUT2D eigenvalue weighted by atomic mass is 10.2. The fourth-order valence-electron chi connectivity index (χ4n) is 2.20. The van der Waals surface area contributed by atoms with E-state index in [1.54, 1.807) is 19.4 Å². The molecule has 6 heteroatoms. The van der Waals surface area contributed by atoms with Crippen LogP contribution < -0.4 is 10.6 Å². The molecule has 0 radical (unpaired) electrons. The van der Waals surface area contributed by atoms with Crippen LogP contribution in [-0.4, -0.2) is 22.0 Å². The lowest BCUT2D eigenvalue weighted by Gasteiger charge is -2.12. The predicted molar refractivity (Wildman–Crippen MR) is 97.0 cm³/mol. The molecule has 0 spiro atoms. The van der Waals surface area contributed by atoms with Crippen molar-refractivity contribution in [1.82, 2.24) is 15.0 Å². The molecule has 0 bridgehead atoms. The van der Waals surface area contributed by atoms with Crippen LogP contribution in [0.15, 0.2) is 53.3 Å². The number of pyridine rings is 1. The molecule has 2 heterocycles. The molecule has 0 fully saturated rings. The van der Waals surface area contributed by atoms with Gasteiger partial charge in [-0.25, -0.2) is 4.98 Å². The van der Waals surface area contributed by atoms with E-state index in [1.165, 1.54) is 0 Å². The summed E-state index contributed by atoms with van der Waals surface area (Å²) in [5, 5.41) is 6.36. The topological polar surface area (TPSA) is 62.7 Å². The van der Waals surface area contributed by atoms with E-state index < -0.39 is 0 Å². The highest BCUT2D eigenvalue weighted by Gasteiger charge is 2.07. The van der Waals surface area contributed by atoms with Crippen LogP contribution in [0.2, 0.25) is 0 Å². The Bertz CT molecular complexity index is 820. The van der Waals surface area contributed by atoms with Crippen LogP contribution in [0.5, 0.6) is 0 Å². The van der Waals surface area contributed by atoms with E-state index in [0.717, 1.165) is 32.8 Å². The Hall–Kier alpha value is -2.47. The van der Waals surface area contributed by atoms with Crippen molar-refractivity contribution < 1.29 is 0 Å². The number of aromatic nitrogens is 3. The van der Waals surface area contributed by atoms with Crippen LogP contribution in [-0.2, 0) is 0 Å². The molecule has 5 nitrogen and oxygen atoms in total. The first-order valence-electron chi connectivity index (χ1n) is 7.16. The van der Waals surface area contributed by atoms with Gasteiger partial charge in [0.1, 0.15) is 5.82 Å². The maximum atomic E-state index is 4.50. The van der Waals surface area contributed by atoms with Gasteiger partial charge in [0, 0.05) is 41.2 Å². The third kappa shape index (κ3) is 3.65. The zero-order valence-electron chi connectivity index (χ0n) is 12.8. The van der Waals surface area contributed by atoms with Crippen LogP contribution in [0.4, 0.5) is 17.5 Å². The minimum Gasteiger partial charge on any atom is -0.357 e. The number of nitrogens with zero attached hydrogens (tertiary/aromatic N) is 3. The van der Waals surface area contributed by atoms with Gasteiger partial charge in [-0.2, -0.15) is 4.98 Å². The zero-order valence-corrected chi connectivity index (χ0v) is 14.4. The maximum Gasteiger partial charge on any atom is 0.224 e. The molecular formula is C17H16BrN5. The van der Waals surface area contributed by atoms with E-state index in [4.69, 9.17) is 0 Å². The smallest absolute Gasteiger partial charge is 0.224 e. The van der Waals surface area contributed by atoms with Crippen molar-refractivity contribution in [3.8, 4) is 11.3 Å². The monoisotopic (exact) mass is 369 g/mol. The molecule has 3 aromatic rings. The molecule has 0 aliphatic rings. The Kier molecular flexibility index (Phi) is 4.52. The Morgan fingerprint density at radius 3 is 2.48 bits per heavy atom. The SMILES string of the molecule is CNc1nc(Nc2ccc(Br)cc2C)cc(-c2ccncc2)n1. The van der Waals surface area contributed by atoms with Crippen LogP contribution in [0.1, 0.15) is 5.56 Å². The van der Waals surface area contributed by atoms with Gasteiger partial charge in [0.2, 0.25) is 5.95 Å². The van der Waals surface area contributed by atoms with Gasteiger partial charge in [-0.3, -0.25) is 4.98 Å². The molecule has 1 aromatic carbocycles. The number of hydrogen-bond donors (Lipinski definition) is 2. The van der Waals surface area contributed by atoms with Gasteiger partial charge in [0.15, 0.2) is 0 Å². The van der Waals surface area contributed by atoms with Crippen molar-refractivity contribution in [2.75, 3.05) is 17.7 Å². The summed E-state index contributed by atoms with van der Waals surface area (Å²) in [5.41, 5.74) is 3.97. The molecule has 0 aliphatic carbocycles. The van der Waals surface area contributed by atoms with Gasteiger partial charge in [-0.1, -0.05) is 15.9 Å². The largest absolute Gasteiger partial charge is 0.357 e. The van der Waals surface area contributed by atoms with Crippen molar-refractivity contribution in [2.45, 2.75) is 6.92 Å². The molecule has 2 N–H and O–H groups in total. The average molecular weight is 370 g/mol. The molecule has 0 amide bonds. The highest BCUT2D eigenvalue weighted by molar-refractivity contribution is 9.10. The Balaban J connectivity index is 1.99. The Morgan fingerprint density at radius 1 is 1.00 bits per heavy atom. The summed E-state index contributed by atoms with van der Waals surface area (Å²) < 4.78 is 1.05. The van der Waals surface area contributed by atoms with Gasteiger partial charge < -0.3 is 10.6 Å². The van der Waals surface area contributed by atoms with Crippen molar-refractivity contribution in [3.05, 3.63) is 58.8 Å². The number of hydrogen-bond acceptors (Lipinski definition) is 5. The van der Waals surface area contributed by atoms with Gasteiger partial charge >= 0.3 is 0 Å². The minimum absolute atomic E-state index is 0.566. The molecule has 0 aliphatic heterocycles. The summed E-state index contributed by atoms with van der Waals surface area (Å²) in [4.78, 5) is 13.0. The molecule has 0 saturated carbocycles. The fourth-order valence-corrected chi connectivity index (χ4v) is 2.67. The van der Waals surface area contributed by atoms with E-state index in [9.17, 15) is 0 Å². The third-order valence-corrected chi connectivity index (χ3v) is 3.87. The Labute approximate surface area is 143 Å². The molecule has 116 valence electrons. The molecule has 23 heavy (non-hydrogen) atoms. The molecule has 3 rings (SSSR count). The maximum absolute atomic E-state index is 4.50. The highest BCUT2D eigenvalue weighted by atomic mass is 79.9. The van der Waals surface area contributed by atoms with E-state index in [1.807, 2.05) is 30.3 Å². The van der Waals surface area contributed by atoms with Crippen molar-refractivity contribution in [2.24, 2.45) is 0 Å². The second-order valence-electron chi connectivity index (χ2n) is 5.03. The molecule has 0 atom stereocenters. The summed E-state index contributed by atoms with van der Waals surface area (Å²) in [6.45, 7) is 2.05. The molecule has 2 aromatic heterocycles. The van der Waals surface area contributed by atoms with E-state index in [2.05, 4.69) is 54.5 Å². The third-order valence-electron chi connectivity index (χ3n) is 3.38. The summed E-state index contributed by atoms with van der Waals surface area (Å²) in [7, 11) is 1.81. The first kappa shape index (κ1) is 15.4. The first-order valence-corrected chi connectivity index (χ1v) is 7.95. The van der Waals surface area contributed by atoms with Gasteiger partial charge in [0.05, 0.1) is 5.69 Å². The summed E-state index contributed by atoms with van der Waals surface area (Å²) >= 11 is 3.48. The summed E-state index contributed by atoms with van der Waals surface area (Å²) in [6.07, 6.45) is 3.50. The standard InChI is InChI=1S/C17H16BrN5/c1-11-9-13(18)3-4-14(11)21-16-10-15(22-17(19-2)23-16)12-5-7-20-8-6-12/h3-10H,1-2H3,(H2,19,21,22,23). The van der Waals surface area contributed by atoms with Crippen molar-refractivity contribution in [3.63, 3.8) is 0 Å². The van der Waals surface area contributed by atoms with Gasteiger partial charge in [-0.15, -0.1) is 0 Å². The number of halogens is 1. The molecule has 0 saturated heterocycles. The fraction of sp³-hybridized carbons (Fsp3) is 0.118. The van der Waals surface area contributed by atoms with E-state index in [0.29, 0.717) is 5.95 Å². The average Bonchev–Trinajstić information content (AvgIpc) is 2.58. The quantitative estimate of drug-likeness (QED) is 0.713. The van der Waals surface area contributed by atoms with Crippen LogP contribution in [0.3, 0.4) is 0 Å². The van der Waals surface area contributed by atoms with Crippen molar-refractivity contribution in [1.29, 1.82) is 0 Å². The number of anilines is 3. The highest BCUT2D eigenvalue weighted by Crippen LogP contribution is 2.26. The van der Waals surface area contributed by atoms with Crippen molar-refractivity contribution >= 4 is 33.4 Å². The van der Waals surface area contributed by atoms with Crippen LogP contribution >= 0.6 is 15.9 Å². The molecule has 0 unspecified atom stereocenters. The summed E-state index contributed by atoms with van der Waals surface area (Å²) in [6, 6.07) is 11.9. The van der Waals surface area contributed by atoms with Crippen LogP contribution in [0, 0.1) is 6.92 Å². The second-order valence-corrected chi connectivity index (χ2v) is 5.95. The number of aryl methyl sites for hydroxylation is 1. The second kappa shape index (κ2) is 6.75. The zero-order chi connectivity index (χ0) is 16.2. The lowest BCUT2D eigenvalue weighted by Crippen LogP contribution is -2.02. The number of benzene rings is 1. The van der Waals surface area contributed by atoms with Gasteiger partial charge in [0.25, 0.3) is 0 Å². The predicted octanol–water partition coefficient (Wildman–Crippen LogP) is 4.39. The molecular weight excluding hydrogens is 354 g/mol. The lowest BCUT2D eigenvalue weighted by molar-refractivity contribution is 1.15. The van der Waals surface area contributed by atoms with E-state index in [-0.39, 0.29) is 0 Å². The van der Waals surface area contributed by atoms with E-state index >= 15 is 0 Å². The Morgan fingerprint density at radius 2 is 1.78 bits per heavy atom. The normalized spacial score (nSPS) is 10.4. The number of nitrogens with one attached hydrogen (secondary N) is 2. The first-order chi connectivity index (χ1) is 11.2. The van der Waals surface area contributed by atoms with Gasteiger partial charge in [-0.05, 0) is 42.8 Å². The minimum atomic E-state index is 0.566. The summed E-state index contributed by atoms with van der Waals surface area (Å²) in [5.74, 6) is 1.30.